The third-order valence-corrected chi connectivity index (χ3v) is 3.52. The van der Waals surface area contributed by atoms with Crippen molar-refractivity contribution in [2.75, 3.05) is 0 Å². The van der Waals surface area contributed by atoms with E-state index in [-0.39, 0.29) is 0 Å². The lowest BCUT2D eigenvalue weighted by Crippen LogP contribution is -2.35. The van der Waals surface area contributed by atoms with Crippen molar-refractivity contribution in [3.8, 4) is 0 Å². The molecule has 0 saturated carbocycles. The molecule has 0 amide bonds. The molecule has 0 unspecified atom stereocenters. The van der Waals surface area contributed by atoms with Crippen LogP contribution in [0.25, 0.3) is 0 Å². The van der Waals surface area contributed by atoms with Gasteiger partial charge < -0.3 is 5.23 Å². The fraction of sp³-hybridized carbons (Fsp3) is 0.333. The van der Waals surface area contributed by atoms with E-state index in [4.69, 9.17) is 22.2 Å². The first kappa shape index (κ1) is 9.23. The average molecular weight is 206 g/mol. The third-order valence-electron chi connectivity index (χ3n) is 1.44. The summed E-state index contributed by atoms with van der Waals surface area (Å²) in [7, 11) is 0. The van der Waals surface area contributed by atoms with Gasteiger partial charge in [0, 0.05) is 0 Å². The second kappa shape index (κ2) is 3.70. The van der Waals surface area contributed by atoms with Crippen molar-refractivity contribution in [1.29, 1.82) is 0 Å². The van der Waals surface area contributed by atoms with Gasteiger partial charge in [0.1, 0.15) is 0 Å². The fourth-order valence-corrected chi connectivity index (χ4v) is 3.03. The minimum absolute atomic E-state index is 0.326. The molecular weight excluding hydrogens is 196 g/mol. The largest absolute Gasteiger partial charge is 0.430 e. The summed E-state index contributed by atoms with van der Waals surface area (Å²) < 4.78 is 0. The van der Waals surface area contributed by atoms with Crippen molar-refractivity contribution in [2.24, 2.45) is 0 Å². The van der Waals surface area contributed by atoms with Crippen molar-refractivity contribution in [1.82, 2.24) is 5.23 Å². The first-order valence-corrected chi connectivity index (χ1v) is 8.28. The zero-order valence-corrected chi connectivity index (χ0v) is 8.86. The molecule has 0 spiro atoms. The highest BCUT2D eigenvalue weighted by molar-refractivity contribution is 7.46. The van der Waals surface area contributed by atoms with Gasteiger partial charge in [0.05, 0.1) is 0 Å². The van der Waals surface area contributed by atoms with Gasteiger partial charge in [0.2, 0.25) is 6.69 Å². The van der Waals surface area contributed by atoms with Gasteiger partial charge in [-0.25, -0.2) is 0 Å². The summed E-state index contributed by atoms with van der Waals surface area (Å²) in [6.45, 7) is 0.312. The summed E-state index contributed by atoms with van der Waals surface area (Å²) in [6.07, 6.45) is 5.88. The molecule has 0 aromatic carbocycles. The highest BCUT2D eigenvalue weighted by Gasteiger charge is 2.27. The quantitative estimate of drug-likeness (QED) is 0.539. The van der Waals surface area contributed by atoms with Crippen molar-refractivity contribution in [3.63, 3.8) is 0 Å². The molecule has 1 N–H and O–H groups in total. The lowest BCUT2D eigenvalue weighted by atomic mass is 9.64. The van der Waals surface area contributed by atoms with Crippen LogP contribution >= 0.6 is 22.2 Å². The van der Waals surface area contributed by atoms with Crippen LogP contribution in [0.4, 0.5) is 0 Å². The van der Waals surface area contributed by atoms with Crippen LogP contribution < -0.4 is 5.23 Å². The number of allylic oxidation sites excluding steroid dienone is 2. The van der Waals surface area contributed by atoms with E-state index in [0.717, 1.165) is 5.94 Å². The Hall–Kier alpha value is 0.142. The van der Waals surface area contributed by atoms with E-state index in [1.165, 1.54) is 0 Å². The Morgan fingerprint density at radius 2 is 2.18 bits per heavy atom. The molecule has 0 fully saturated rings. The molecule has 11 heavy (non-hydrogen) atoms. The first-order chi connectivity index (χ1) is 5.08. The summed E-state index contributed by atoms with van der Waals surface area (Å²) in [4.78, 5) is 0. The van der Waals surface area contributed by atoms with Gasteiger partial charge in [-0.2, -0.15) is 0 Å². The van der Waals surface area contributed by atoms with E-state index in [1.807, 2.05) is 24.9 Å². The zero-order valence-electron chi connectivity index (χ0n) is 6.35. The molecular formula is C6H10BCl2NSi. The van der Waals surface area contributed by atoms with E-state index in [1.54, 1.807) is 0 Å². The lowest BCUT2D eigenvalue weighted by Gasteiger charge is -2.16. The van der Waals surface area contributed by atoms with Crippen molar-refractivity contribution < 1.29 is 0 Å². The van der Waals surface area contributed by atoms with Crippen molar-refractivity contribution in [2.45, 2.75) is 12.5 Å². The van der Waals surface area contributed by atoms with Gasteiger partial charge in [-0.05, 0) is 24.8 Å². The fourth-order valence-electron chi connectivity index (χ4n) is 1.00. The normalized spacial score (nSPS) is 16.8. The molecule has 0 aromatic rings. The Morgan fingerprint density at radius 3 is 2.64 bits per heavy atom. The molecule has 0 atom stereocenters. The molecule has 0 aliphatic carbocycles. The molecule has 5 heteroatoms. The molecule has 1 heterocycles. The van der Waals surface area contributed by atoms with Gasteiger partial charge in [0.25, 0.3) is 6.85 Å². The number of rotatable bonds is 2. The first-order valence-electron chi connectivity index (χ1n) is 3.55. The van der Waals surface area contributed by atoms with Crippen LogP contribution in [-0.4, -0.2) is 13.5 Å². The number of hydrogen-bond acceptors (Lipinski definition) is 1. The Bertz CT molecular complexity index is 188. The van der Waals surface area contributed by atoms with Crippen LogP contribution in [-0.2, 0) is 0 Å². The summed E-state index contributed by atoms with van der Waals surface area (Å²) in [5.41, 5.74) is 0. The van der Waals surface area contributed by atoms with E-state index >= 15 is 0 Å². The van der Waals surface area contributed by atoms with Crippen LogP contribution in [0.5, 0.6) is 0 Å². The van der Waals surface area contributed by atoms with Crippen LogP contribution in [0, 0.1) is 0 Å². The van der Waals surface area contributed by atoms with Crippen LogP contribution in [0.3, 0.4) is 0 Å². The van der Waals surface area contributed by atoms with Gasteiger partial charge in [-0.3, -0.25) is 0 Å². The van der Waals surface area contributed by atoms with Gasteiger partial charge in [-0.15, -0.1) is 22.2 Å². The maximum atomic E-state index is 5.97. The third kappa shape index (κ3) is 3.89. The second-order valence-corrected chi connectivity index (χ2v) is 10.9. The van der Waals surface area contributed by atoms with Crippen molar-refractivity contribution in [3.05, 3.63) is 24.3 Å². The second-order valence-electron chi connectivity index (χ2n) is 2.79. The number of hydrogen-bond donors (Lipinski definition) is 1. The van der Waals surface area contributed by atoms with E-state index in [0.29, 0.717) is 6.85 Å². The highest BCUT2D eigenvalue weighted by atomic mass is 35.7. The average Bonchev–Trinajstić information content (AvgIpc) is 1.85. The van der Waals surface area contributed by atoms with Crippen molar-refractivity contribution >= 4 is 35.7 Å². The van der Waals surface area contributed by atoms with Crippen LogP contribution in [0.1, 0.15) is 0 Å². The van der Waals surface area contributed by atoms with E-state index in [9.17, 15) is 0 Å². The Labute approximate surface area is 78.0 Å². The summed E-state index contributed by atoms with van der Waals surface area (Å²) >= 11 is 11.9. The number of halogens is 2. The van der Waals surface area contributed by atoms with Gasteiger partial charge >= 0.3 is 0 Å². The van der Waals surface area contributed by atoms with Crippen LogP contribution in [0.2, 0.25) is 12.5 Å². The number of nitrogens with one attached hydrogen (secondary N) is 1. The summed E-state index contributed by atoms with van der Waals surface area (Å²) in [5.74, 6) is 2.94. The summed E-state index contributed by atoms with van der Waals surface area (Å²) in [5, 5.41) is 3.17. The molecule has 1 nitrogen and oxygen atoms in total. The summed E-state index contributed by atoms with van der Waals surface area (Å²) in [6, 6.07) is 0. The lowest BCUT2D eigenvalue weighted by molar-refractivity contribution is 1.30. The highest BCUT2D eigenvalue weighted by Crippen LogP contribution is 2.21. The Morgan fingerprint density at radius 1 is 1.45 bits per heavy atom. The predicted octanol–water partition coefficient (Wildman–Crippen LogP) is 2.28. The molecule has 0 saturated heterocycles. The predicted molar refractivity (Wildman–Crippen MR) is 55.3 cm³/mol. The van der Waals surface area contributed by atoms with Gasteiger partial charge in [0.15, 0.2) is 0 Å². The minimum atomic E-state index is -1.95. The molecule has 1 aliphatic heterocycles. The van der Waals surface area contributed by atoms with E-state index < -0.39 is 6.69 Å². The molecule has 0 radical (unpaired) electrons. The SMILES string of the molecule is C[Si](Cl)(Cl)CB1C=CC=CN1. The molecule has 1 rings (SSSR count). The zero-order chi connectivity index (χ0) is 8.32. The Kier molecular flexibility index (Phi) is 3.10. The minimum Gasteiger partial charge on any atom is -0.430 e. The standard InChI is InChI=1S/C6H10BCl2NSi/c1-11(8,9)6-7-4-2-3-5-10-7/h2-5,10H,6H2,1H3. The monoisotopic (exact) mass is 205 g/mol. The molecule has 1 aliphatic rings. The maximum Gasteiger partial charge on any atom is 0.277 e. The molecule has 0 aromatic heterocycles. The smallest absolute Gasteiger partial charge is 0.277 e. The maximum absolute atomic E-state index is 5.97. The Balaban J connectivity index is 2.39. The topological polar surface area (TPSA) is 12.0 Å². The van der Waals surface area contributed by atoms with Crippen LogP contribution in [0.15, 0.2) is 24.3 Å². The van der Waals surface area contributed by atoms with E-state index in [2.05, 4.69) is 11.2 Å². The van der Waals surface area contributed by atoms with Gasteiger partial charge in [-0.1, -0.05) is 12.1 Å². The molecule has 60 valence electrons. The molecule has 0 bridgehead atoms.